The average Bonchev–Trinajstić information content (AvgIpc) is 2.47. The summed E-state index contributed by atoms with van der Waals surface area (Å²) in [7, 11) is 0. The van der Waals surface area contributed by atoms with Gasteiger partial charge in [0.25, 0.3) is 0 Å². The molecule has 0 amide bonds. The van der Waals surface area contributed by atoms with Crippen LogP contribution in [0.5, 0.6) is 0 Å². The van der Waals surface area contributed by atoms with Crippen LogP contribution in [-0.2, 0) is 19.0 Å². The lowest BCUT2D eigenvalue weighted by atomic mass is 10.4. The minimum absolute atomic E-state index is 0.211. The minimum Gasteiger partial charge on any atom is -0.466 e. The van der Waals surface area contributed by atoms with Crippen LogP contribution >= 0.6 is 0 Å². The quantitative estimate of drug-likeness (QED) is 0.353. The summed E-state index contributed by atoms with van der Waals surface area (Å²) in [6.07, 6.45) is -1.50. The Bertz CT molecular complexity index is 242. The van der Waals surface area contributed by atoms with E-state index in [-0.39, 0.29) is 5.97 Å². The van der Waals surface area contributed by atoms with Gasteiger partial charge in [-0.05, 0) is 33.6 Å². The van der Waals surface area contributed by atoms with E-state index in [1.807, 2.05) is 0 Å². The molecule has 0 fully saturated rings. The van der Waals surface area contributed by atoms with Crippen LogP contribution < -0.4 is 0 Å². The van der Waals surface area contributed by atoms with Gasteiger partial charge in [-0.1, -0.05) is 13.8 Å². The fourth-order valence-electron chi connectivity index (χ4n) is 0.986. The van der Waals surface area contributed by atoms with Gasteiger partial charge in [-0.2, -0.15) is 0 Å². The molecule has 0 rings (SSSR count). The molecule has 4 N–H and O–H groups in total. The van der Waals surface area contributed by atoms with Crippen LogP contribution in [0.3, 0.4) is 0 Å². The number of carbonyl (C=O) groups is 1. The standard InChI is InChI=1S/2C6H14O3.C4H8O2/c1-5(7)3-9-4-6(2)8;1-3-5(7)9-6(8)4-2;1-3-6-4(2)5/h2*5-8H,3-4H2,1-2H3;3H2,1-2H3. The fraction of sp³-hybridized carbons (Fsp3) is 0.938. The summed E-state index contributed by atoms with van der Waals surface area (Å²) in [5, 5.41) is 34.9. The second kappa shape index (κ2) is 20.3. The molecular weight excluding hydrogens is 320 g/mol. The van der Waals surface area contributed by atoms with E-state index >= 15 is 0 Å². The molecule has 0 aromatic rings. The maximum Gasteiger partial charge on any atom is 0.302 e. The fourth-order valence-corrected chi connectivity index (χ4v) is 0.986. The summed E-state index contributed by atoms with van der Waals surface area (Å²) >= 11 is 0. The molecule has 0 spiro atoms. The number of hydrogen-bond acceptors (Lipinski definition) is 8. The third kappa shape index (κ3) is 33.0. The van der Waals surface area contributed by atoms with Crippen molar-refractivity contribution in [2.75, 3.05) is 19.8 Å². The first-order chi connectivity index (χ1) is 11.1. The molecule has 0 aromatic carbocycles. The molecule has 0 radical (unpaired) electrons. The highest BCUT2D eigenvalue weighted by Gasteiger charge is 2.05. The van der Waals surface area contributed by atoms with Crippen molar-refractivity contribution >= 4 is 5.97 Å². The maximum atomic E-state index is 9.82. The van der Waals surface area contributed by atoms with Crippen LogP contribution in [0.2, 0.25) is 0 Å². The van der Waals surface area contributed by atoms with Crippen molar-refractivity contribution in [3.63, 3.8) is 0 Å². The van der Waals surface area contributed by atoms with Gasteiger partial charge in [0.15, 0.2) is 12.6 Å². The van der Waals surface area contributed by atoms with Crippen molar-refractivity contribution in [3.8, 4) is 0 Å². The zero-order valence-corrected chi connectivity index (χ0v) is 15.8. The van der Waals surface area contributed by atoms with Gasteiger partial charge in [0.05, 0.1) is 32.0 Å². The van der Waals surface area contributed by atoms with Gasteiger partial charge in [0.2, 0.25) is 0 Å². The molecule has 4 atom stereocenters. The molecular formula is C16H36O8. The highest BCUT2D eigenvalue weighted by atomic mass is 16.7. The van der Waals surface area contributed by atoms with E-state index < -0.39 is 24.8 Å². The Morgan fingerprint density at radius 1 is 0.875 bits per heavy atom. The monoisotopic (exact) mass is 356 g/mol. The van der Waals surface area contributed by atoms with Crippen molar-refractivity contribution in [1.29, 1.82) is 0 Å². The first-order valence-electron chi connectivity index (χ1n) is 8.19. The summed E-state index contributed by atoms with van der Waals surface area (Å²) in [5.41, 5.74) is 0. The molecule has 0 bridgehead atoms. The van der Waals surface area contributed by atoms with Gasteiger partial charge in [0.1, 0.15) is 0 Å². The molecule has 148 valence electrons. The van der Waals surface area contributed by atoms with Crippen molar-refractivity contribution in [2.24, 2.45) is 0 Å². The largest absolute Gasteiger partial charge is 0.466 e. The molecule has 0 saturated heterocycles. The summed E-state index contributed by atoms with van der Waals surface area (Å²) in [6.45, 7) is 11.1. The second-order valence-electron chi connectivity index (χ2n) is 5.02. The molecule has 24 heavy (non-hydrogen) atoms. The van der Waals surface area contributed by atoms with Gasteiger partial charge < -0.3 is 34.6 Å². The Hall–Kier alpha value is -0.770. The van der Waals surface area contributed by atoms with Crippen molar-refractivity contribution in [3.05, 3.63) is 0 Å². The van der Waals surface area contributed by atoms with Crippen LogP contribution in [-0.4, -0.2) is 71.0 Å². The van der Waals surface area contributed by atoms with E-state index in [0.717, 1.165) is 0 Å². The third-order valence-corrected chi connectivity index (χ3v) is 2.08. The number of carbonyl (C=O) groups excluding carboxylic acids is 1. The summed E-state index contributed by atoms with van der Waals surface area (Å²) in [5.74, 6) is -0.211. The number of ether oxygens (including phenoxy) is 3. The lowest BCUT2D eigenvalue weighted by molar-refractivity contribution is -0.208. The Morgan fingerprint density at radius 3 is 1.42 bits per heavy atom. The summed E-state index contributed by atoms with van der Waals surface area (Å²) in [4.78, 5) is 9.82. The molecule has 8 nitrogen and oxygen atoms in total. The lowest BCUT2D eigenvalue weighted by Crippen LogP contribution is -2.19. The van der Waals surface area contributed by atoms with E-state index in [2.05, 4.69) is 9.47 Å². The molecule has 0 aromatic heterocycles. The predicted octanol–water partition coefficient (Wildman–Crippen LogP) is 0.794. The van der Waals surface area contributed by atoms with E-state index in [1.54, 1.807) is 34.6 Å². The van der Waals surface area contributed by atoms with Crippen molar-refractivity contribution in [1.82, 2.24) is 0 Å². The smallest absolute Gasteiger partial charge is 0.302 e. The Labute approximate surface area is 145 Å². The maximum absolute atomic E-state index is 9.82. The van der Waals surface area contributed by atoms with Crippen molar-refractivity contribution in [2.45, 2.75) is 79.2 Å². The number of esters is 1. The van der Waals surface area contributed by atoms with E-state index in [1.165, 1.54) is 6.92 Å². The van der Waals surface area contributed by atoms with E-state index in [9.17, 15) is 4.79 Å². The number of aliphatic hydroxyl groups is 4. The highest BCUT2D eigenvalue weighted by molar-refractivity contribution is 5.65. The van der Waals surface area contributed by atoms with Crippen LogP contribution in [0.15, 0.2) is 0 Å². The highest BCUT2D eigenvalue weighted by Crippen LogP contribution is 1.99. The molecule has 8 heteroatoms. The predicted molar refractivity (Wildman–Crippen MR) is 90.2 cm³/mol. The minimum atomic E-state index is -0.819. The van der Waals surface area contributed by atoms with Crippen LogP contribution in [0.4, 0.5) is 0 Å². The third-order valence-electron chi connectivity index (χ3n) is 2.08. The van der Waals surface area contributed by atoms with Gasteiger partial charge in [-0.15, -0.1) is 0 Å². The average molecular weight is 356 g/mol. The zero-order chi connectivity index (χ0) is 19.5. The van der Waals surface area contributed by atoms with Gasteiger partial charge in [0, 0.05) is 6.92 Å². The topological polar surface area (TPSA) is 126 Å². The number of rotatable bonds is 9. The molecule has 4 unspecified atom stereocenters. The van der Waals surface area contributed by atoms with Gasteiger partial charge in [-0.25, -0.2) is 0 Å². The summed E-state index contributed by atoms with van der Waals surface area (Å²) < 4.78 is 13.9. The molecule has 0 heterocycles. The SMILES string of the molecule is CC(O)COCC(C)O.CCC(O)OC(O)CC.CCOC(C)=O. The van der Waals surface area contributed by atoms with E-state index in [0.29, 0.717) is 32.7 Å². The number of aliphatic hydroxyl groups excluding tert-OH is 4. The van der Waals surface area contributed by atoms with Gasteiger partial charge >= 0.3 is 5.97 Å². The molecule has 0 saturated carbocycles. The molecule has 0 aliphatic heterocycles. The Morgan fingerprint density at radius 2 is 1.25 bits per heavy atom. The van der Waals surface area contributed by atoms with Crippen LogP contribution in [0.25, 0.3) is 0 Å². The zero-order valence-electron chi connectivity index (χ0n) is 15.8. The Balaban J connectivity index is -0.000000282. The van der Waals surface area contributed by atoms with E-state index in [4.69, 9.17) is 25.2 Å². The second-order valence-corrected chi connectivity index (χ2v) is 5.02. The Kier molecular flexibility index (Phi) is 23.7. The summed E-state index contributed by atoms with van der Waals surface area (Å²) in [6, 6.07) is 0. The molecule has 0 aliphatic rings. The normalized spacial score (nSPS) is 14.9. The van der Waals surface area contributed by atoms with Crippen LogP contribution in [0.1, 0.15) is 54.4 Å². The van der Waals surface area contributed by atoms with Crippen LogP contribution in [0, 0.1) is 0 Å². The number of hydrogen-bond donors (Lipinski definition) is 4. The first kappa shape index (κ1) is 28.1. The lowest BCUT2D eigenvalue weighted by Gasteiger charge is -2.13. The molecule has 0 aliphatic carbocycles. The van der Waals surface area contributed by atoms with Gasteiger partial charge in [-0.3, -0.25) is 4.79 Å². The first-order valence-corrected chi connectivity index (χ1v) is 8.19. The van der Waals surface area contributed by atoms with Crippen molar-refractivity contribution < 1.29 is 39.4 Å².